The average molecular weight is 494 g/mol. The first-order chi connectivity index (χ1) is 17.1. The summed E-state index contributed by atoms with van der Waals surface area (Å²) in [4.78, 5) is 22.9. The Bertz CT molecular complexity index is 1320. The highest BCUT2D eigenvalue weighted by molar-refractivity contribution is 6.04. The number of nitrogens with two attached hydrogens (primary N) is 1. The van der Waals surface area contributed by atoms with Gasteiger partial charge in [-0.2, -0.15) is 13.2 Å². The second kappa shape index (κ2) is 10.4. The summed E-state index contributed by atoms with van der Waals surface area (Å²) in [7, 11) is 2.00. The lowest BCUT2D eigenvalue weighted by molar-refractivity contribution is -0.137. The van der Waals surface area contributed by atoms with Gasteiger partial charge in [0.2, 0.25) is 5.95 Å². The van der Waals surface area contributed by atoms with Crippen LogP contribution in [0.5, 0.6) is 0 Å². The number of nitrogens with one attached hydrogen (secondary N) is 1. The summed E-state index contributed by atoms with van der Waals surface area (Å²) in [5.74, 6) is 5.56. The molecule has 3 aromatic rings. The number of anilines is 2. The SMILES string of the molecule is Cc1ccc(C(=O)Nc2cc(C3CCN(C)CC3)cc(C(F)(F)F)c2)cc1C#Cc1cnc(N)nc1. The van der Waals surface area contributed by atoms with Crippen LogP contribution in [-0.2, 0) is 6.18 Å². The third-order valence-electron chi connectivity index (χ3n) is 6.24. The van der Waals surface area contributed by atoms with Gasteiger partial charge in [0.15, 0.2) is 0 Å². The molecule has 2 heterocycles. The molecule has 0 saturated carbocycles. The fourth-order valence-electron chi connectivity index (χ4n) is 4.11. The zero-order chi connectivity index (χ0) is 25.9. The maximum absolute atomic E-state index is 13.6. The van der Waals surface area contributed by atoms with Crippen molar-refractivity contribution in [3.63, 3.8) is 0 Å². The van der Waals surface area contributed by atoms with Crippen molar-refractivity contribution in [2.45, 2.75) is 31.9 Å². The molecule has 4 rings (SSSR count). The Labute approximate surface area is 207 Å². The normalized spacial score (nSPS) is 14.7. The van der Waals surface area contributed by atoms with Gasteiger partial charge in [-0.1, -0.05) is 17.9 Å². The fourth-order valence-corrected chi connectivity index (χ4v) is 4.11. The van der Waals surface area contributed by atoms with Crippen LogP contribution in [0, 0.1) is 18.8 Å². The van der Waals surface area contributed by atoms with Gasteiger partial charge in [-0.15, -0.1) is 0 Å². The molecular weight excluding hydrogens is 467 g/mol. The van der Waals surface area contributed by atoms with Crippen molar-refractivity contribution < 1.29 is 18.0 Å². The van der Waals surface area contributed by atoms with Gasteiger partial charge in [-0.25, -0.2) is 9.97 Å². The van der Waals surface area contributed by atoms with E-state index >= 15 is 0 Å². The average Bonchev–Trinajstić information content (AvgIpc) is 2.84. The molecule has 0 atom stereocenters. The van der Waals surface area contributed by atoms with E-state index in [1.807, 2.05) is 14.0 Å². The molecule has 0 aliphatic carbocycles. The Balaban J connectivity index is 1.59. The van der Waals surface area contributed by atoms with Crippen molar-refractivity contribution in [3.8, 4) is 11.8 Å². The van der Waals surface area contributed by atoms with Crippen molar-refractivity contribution >= 4 is 17.5 Å². The lowest BCUT2D eigenvalue weighted by Crippen LogP contribution is -2.29. The van der Waals surface area contributed by atoms with Crippen LogP contribution in [0.2, 0.25) is 0 Å². The highest BCUT2D eigenvalue weighted by Crippen LogP contribution is 2.36. The number of carbonyl (C=O) groups is 1. The van der Waals surface area contributed by atoms with Gasteiger partial charge >= 0.3 is 6.18 Å². The number of amides is 1. The monoisotopic (exact) mass is 493 g/mol. The summed E-state index contributed by atoms with van der Waals surface area (Å²) in [5.41, 5.74) is 7.73. The van der Waals surface area contributed by atoms with E-state index in [1.54, 1.807) is 24.3 Å². The van der Waals surface area contributed by atoms with Crippen LogP contribution in [0.4, 0.5) is 24.8 Å². The smallest absolute Gasteiger partial charge is 0.368 e. The summed E-state index contributed by atoms with van der Waals surface area (Å²) < 4.78 is 40.9. The van der Waals surface area contributed by atoms with E-state index in [2.05, 4.69) is 32.0 Å². The van der Waals surface area contributed by atoms with E-state index in [0.717, 1.165) is 37.6 Å². The van der Waals surface area contributed by atoms with Gasteiger partial charge in [0.25, 0.3) is 5.91 Å². The minimum atomic E-state index is -4.51. The fraction of sp³-hybridized carbons (Fsp3) is 0.296. The third kappa shape index (κ3) is 6.20. The number of hydrogen-bond donors (Lipinski definition) is 2. The standard InChI is InChI=1S/C27H26F3N5O/c1-17-3-5-21(11-20(17)6-4-18-15-32-26(31)33-16-18)25(36)34-24-13-22(12-23(14-24)27(28,29)30)19-7-9-35(2)10-8-19/h3,5,11-16,19H,7-10H2,1-2H3,(H,34,36)(H2,31,32,33). The second-order valence-electron chi connectivity index (χ2n) is 8.98. The minimum absolute atomic E-state index is 0.0118. The number of alkyl halides is 3. The summed E-state index contributed by atoms with van der Waals surface area (Å²) in [6.45, 7) is 3.49. The molecule has 0 bridgehead atoms. The molecule has 0 radical (unpaired) electrons. The Morgan fingerprint density at radius 3 is 2.44 bits per heavy atom. The van der Waals surface area contributed by atoms with Gasteiger partial charge in [0.1, 0.15) is 0 Å². The topological polar surface area (TPSA) is 84.1 Å². The molecule has 1 fully saturated rings. The molecule has 1 aromatic heterocycles. The first kappa shape index (κ1) is 25.2. The predicted molar refractivity (Wildman–Crippen MR) is 132 cm³/mol. The van der Waals surface area contributed by atoms with Crippen LogP contribution >= 0.6 is 0 Å². The molecule has 9 heteroatoms. The van der Waals surface area contributed by atoms with Crippen molar-refractivity contribution in [1.29, 1.82) is 0 Å². The zero-order valence-corrected chi connectivity index (χ0v) is 20.0. The number of benzene rings is 2. The van der Waals surface area contributed by atoms with Gasteiger partial charge in [-0.05, 0) is 87.3 Å². The Morgan fingerprint density at radius 2 is 1.78 bits per heavy atom. The largest absolute Gasteiger partial charge is 0.416 e. The Kier molecular flexibility index (Phi) is 7.27. The van der Waals surface area contributed by atoms with Crippen LogP contribution < -0.4 is 11.1 Å². The molecule has 1 aliphatic rings. The summed E-state index contributed by atoms with van der Waals surface area (Å²) in [6.07, 6.45) is 0.0153. The number of aryl methyl sites for hydroxylation is 1. The number of aromatic nitrogens is 2. The van der Waals surface area contributed by atoms with E-state index in [4.69, 9.17) is 5.73 Å². The van der Waals surface area contributed by atoms with Crippen LogP contribution in [-0.4, -0.2) is 40.9 Å². The van der Waals surface area contributed by atoms with Crippen molar-refractivity contribution in [2.75, 3.05) is 31.2 Å². The van der Waals surface area contributed by atoms with Gasteiger partial charge in [0.05, 0.1) is 11.1 Å². The lowest BCUT2D eigenvalue weighted by Gasteiger charge is -2.29. The van der Waals surface area contributed by atoms with E-state index < -0.39 is 17.6 Å². The zero-order valence-electron chi connectivity index (χ0n) is 20.0. The molecular formula is C27H26F3N5O. The number of nitrogen functional groups attached to an aromatic ring is 1. The molecule has 1 aliphatic heterocycles. The quantitative estimate of drug-likeness (QED) is 0.510. The molecule has 0 spiro atoms. The predicted octanol–water partition coefficient (Wildman–Crippen LogP) is 4.85. The van der Waals surface area contributed by atoms with Crippen LogP contribution in [0.15, 0.2) is 48.8 Å². The molecule has 186 valence electrons. The van der Waals surface area contributed by atoms with Crippen molar-refractivity contribution in [1.82, 2.24) is 14.9 Å². The summed E-state index contributed by atoms with van der Waals surface area (Å²) in [6, 6.07) is 8.81. The number of carbonyl (C=O) groups excluding carboxylic acids is 1. The highest BCUT2D eigenvalue weighted by atomic mass is 19.4. The molecule has 1 saturated heterocycles. The first-order valence-electron chi connectivity index (χ1n) is 11.5. The molecule has 1 amide bonds. The Hall–Kier alpha value is -3.90. The van der Waals surface area contributed by atoms with Gasteiger partial charge < -0.3 is 16.0 Å². The number of rotatable bonds is 3. The van der Waals surface area contributed by atoms with Crippen molar-refractivity contribution in [3.05, 3.63) is 82.2 Å². The molecule has 6 nitrogen and oxygen atoms in total. The Morgan fingerprint density at radius 1 is 1.08 bits per heavy atom. The van der Waals surface area contributed by atoms with E-state index in [9.17, 15) is 18.0 Å². The number of likely N-dealkylation sites (tertiary alicyclic amines) is 1. The summed E-state index contributed by atoms with van der Waals surface area (Å²) in [5, 5.41) is 2.65. The molecule has 0 unspecified atom stereocenters. The molecule has 3 N–H and O–H groups in total. The van der Waals surface area contributed by atoms with Crippen molar-refractivity contribution in [2.24, 2.45) is 0 Å². The number of halogens is 3. The van der Waals surface area contributed by atoms with Crippen LogP contribution in [0.1, 0.15) is 56.9 Å². The van der Waals surface area contributed by atoms with Crippen LogP contribution in [0.3, 0.4) is 0 Å². The number of piperidine rings is 1. The maximum atomic E-state index is 13.6. The maximum Gasteiger partial charge on any atom is 0.416 e. The van der Waals surface area contributed by atoms with E-state index in [-0.39, 0.29) is 23.1 Å². The second-order valence-corrected chi connectivity index (χ2v) is 8.98. The lowest BCUT2D eigenvalue weighted by atomic mass is 9.88. The summed E-state index contributed by atoms with van der Waals surface area (Å²) >= 11 is 0. The van der Waals surface area contributed by atoms with Gasteiger partial charge in [-0.3, -0.25) is 4.79 Å². The number of nitrogens with zero attached hydrogens (tertiary/aromatic N) is 3. The van der Waals surface area contributed by atoms with Crippen LogP contribution in [0.25, 0.3) is 0 Å². The number of hydrogen-bond acceptors (Lipinski definition) is 5. The molecule has 2 aromatic carbocycles. The van der Waals surface area contributed by atoms with Gasteiger partial charge in [0, 0.05) is 29.2 Å². The highest BCUT2D eigenvalue weighted by Gasteiger charge is 2.32. The molecule has 36 heavy (non-hydrogen) atoms. The van der Waals surface area contributed by atoms with E-state index in [1.165, 1.54) is 18.5 Å². The first-order valence-corrected chi connectivity index (χ1v) is 11.5. The van der Waals surface area contributed by atoms with E-state index in [0.29, 0.717) is 16.7 Å². The third-order valence-corrected chi connectivity index (χ3v) is 6.24. The minimum Gasteiger partial charge on any atom is -0.368 e.